The van der Waals surface area contributed by atoms with Gasteiger partial charge in [0.15, 0.2) is 0 Å². The Morgan fingerprint density at radius 2 is 1.65 bits per heavy atom. The number of benzene rings is 2. The van der Waals surface area contributed by atoms with Crippen molar-refractivity contribution in [2.75, 3.05) is 0 Å². The maximum Gasteiger partial charge on any atom is 0.0902 e. The van der Waals surface area contributed by atoms with Crippen LogP contribution in [0.3, 0.4) is 0 Å². The summed E-state index contributed by atoms with van der Waals surface area (Å²) in [5.41, 5.74) is 1.87. The van der Waals surface area contributed by atoms with Gasteiger partial charge in [0.25, 0.3) is 0 Å². The second-order valence-electron chi connectivity index (χ2n) is 5.91. The lowest BCUT2D eigenvalue weighted by Crippen LogP contribution is -2.28. The largest absolute Gasteiger partial charge is 0.385 e. The van der Waals surface area contributed by atoms with Crippen molar-refractivity contribution in [3.8, 4) is 0 Å². The van der Waals surface area contributed by atoms with E-state index in [-0.39, 0.29) is 0 Å². The van der Waals surface area contributed by atoms with Crippen LogP contribution in [0.2, 0.25) is 6.04 Å². The SMILES string of the molecule is OC1(c2ccc(CC[Si])c3ccccc23)CCCCC1. The van der Waals surface area contributed by atoms with Gasteiger partial charge in [-0.15, -0.1) is 0 Å². The Hall–Kier alpha value is -1.12. The van der Waals surface area contributed by atoms with Gasteiger partial charge in [-0.05, 0) is 41.2 Å². The Bertz CT molecular complexity index is 599. The standard InChI is InChI=1S/C18H21OSi/c19-18(11-4-1-5-12-18)17-9-8-14(10-13-20)15-6-2-3-7-16(15)17/h2-3,6-9,19H,1,4-5,10-13H2. The van der Waals surface area contributed by atoms with Crippen molar-refractivity contribution in [1.82, 2.24) is 0 Å². The number of hydrogen-bond donors (Lipinski definition) is 1. The molecule has 1 nitrogen and oxygen atoms in total. The molecule has 0 bridgehead atoms. The zero-order valence-corrected chi connectivity index (χ0v) is 12.9. The molecule has 2 aromatic carbocycles. The van der Waals surface area contributed by atoms with E-state index in [1.807, 2.05) is 0 Å². The van der Waals surface area contributed by atoms with Crippen molar-refractivity contribution < 1.29 is 5.11 Å². The first-order valence-corrected chi connectivity index (χ1v) is 8.33. The van der Waals surface area contributed by atoms with E-state index in [0.29, 0.717) is 0 Å². The molecule has 1 aliphatic rings. The fourth-order valence-electron chi connectivity index (χ4n) is 3.53. The first kappa shape index (κ1) is 13.8. The molecule has 1 aliphatic carbocycles. The fourth-order valence-corrected chi connectivity index (χ4v) is 3.80. The van der Waals surface area contributed by atoms with E-state index in [0.717, 1.165) is 43.7 Å². The summed E-state index contributed by atoms with van der Waals surface area (Å²) < 4.78 is 0. The van der Waals surface area contributed by atoms with Crippen molar-refractivity contribution >= 4 is 21.0 Å². The minimum Gasteiger partial charge on any atom is -0.385 e. The van der Waals surface area contributed by atoms with Crippen LogP contribution in [0, 0.1) is 0 Å². The highest BCUT2D eigenvalue weighted by atomic mass is 28.1. The van der Waals surface area contributed by atoms with Crippen LogP contribution in [0.15, 0.2) is 36.4 Å². The van der Waals surface area contributed by atoms with Gasteiger partial charge in [0, 0.05) is 10.2 Å². The first-order valence-electron chi connectivity index (χ1n) is 7.63. The van der Waals surface area contributed by atoms with Crippen molar-refractivity contribution in [3.63, 3.8) is 0 Å². The topological polar surface area (TPSA) is 20.2 Å². The Labute approximate surface area is 124 Å². The minimum atomic E-state index is -0.621. The summed E-state index contributed by atoms with van der Waals surface area (Å²) in [6.45, 7) is 0. The van der Waals surface area contributed by atoms with Gasteiger partial charge < -0.3 is 5.11 Å². The predicted octanol–water partition coefficient (Wildman–Crippen LogP) is 4.12. The molecule has 0 atom stereocenters. The molecule has 0 unspecified atom stereocenters. The molecule has 0 heterocycles. The van der Waals surface area contributed by atoms with Gasteiger partial charge in [-0.25, -0.2) is 0 Å². The third-order valence-corrected chi connectivity index (χ3v) is 4.84. The molecule has 0 aromatic heterocycles. The number of fused-ring (bicyclic) bond motifs is 1. The maximum atomic E-state index is 11.1. The molecule has 1 saturated carbocycles. The van der Waals surface area contributed by atoms with Crippen molar-refractivity contribution in [1.29, 1.82) is 0 Å². The Balaban J connectivity index is 2.14. The van der Waals surface area contributed by atoms with E-state index in [1.54, 1.807) is 0 Å². The van der Waals surface area contributed by atoms with Gasteiger partial charge in [0.2, 0.25) is 0 Å². The van der Waals surface area contributed by atoms with Gasteiger partial charge in [-0.2, -0.15) is 0 Å². The molecular formula is C18H21OSi. The first-order chi connectivity index (χ1) is 9.74. The van der Waals surface area contributed by atoms with Gasteiger partial charge in [-0.1, -0.05) is 61.7 Å². The van der Waals surface area contributed by atoms with Crippen LogP contribution in [0.1, 0.15) is 43.2 Å². The zero-order valence-electron chi connectivity index (χ0n) is 11.9. The number of aliphatic hydroxyl groups is 1. The molecule has 0 amide bonds. The Kier molecular flexibility index (Phi) is 3.95. The summed E-state index contributed by atoms with van der Waals surface area (Å²) in [6.07, 6.45) is 6.34. The predicted molar refractivity (Wildman–Crippen MR) is 85.2 cm³/mol. The van der Waals surface area contributed by atoms with Gasteiger partial charge >= 0.3 is 0 Å². The van der Waals surface area contributed by atoms with E-state index >= 15 is 0 Å². The average molecular weight is 281 g/mol. The van der Waals surface area contributed by atoms with Crippen molar-refractivity contribution in [2.45, 2.75) is 50.2 Å². The molecule has 1 N–H and O–H groups in total. The van der Waals surface area contributed by atoms with Crippen LogP contribution >= 0.6 is 0 Å². The molecule has 3 radical (unpaired) electrons. The molecule has 3 rings (SSSR count). The summed E-state index contributed by atoms with van der Waals surface area (Å²) >= 11 is 0. The summed E-state index contributed by atoms with van der Waals surface area (Å²) in [5.74, 6) is 0. The lowest BCUT2D eigenvalue weighted by molar-refractivity contribution is 0.000756. The molecule has 20 heavy (non-hydrogen) atoms. The number of hydrogen-bond acceptors (Lipinski definition) is 1. The minimum absolute atomic E-state index is 0.621. The third-order valence-electron chi connectivity index (χ3n) is 4.59. The summed E-state index contributed by atoms with van der Waals surface area (Å²) in [6, 6.07) is 13.8. The van der Waals surface area contributed by atoms with E-state index in [1.165, 1.54) is 22.8 Å². The Morgan fingerprint density at radius 1 is 0.950 bits per heavy atom. The molecule has 103 valence electrons. The molecule has 1 fully saturated rings. The van der Waals surface area contributed by atoms with E-state index in [9.17, 15) is 5.11 Å². The molecule has 0 aliphatic heterocycles. The van der Waals surface area contributed by atoms with E-state index < -0.39 is 5.60 Å². The lowest BCUT2D eigenvalue weighted by atomic mass is 9.77. The Morgan fingerprint density at radius 3 is 2.35 bits per heavy atom. The zero-order chi connectivity index (χ0) is 14.0. The number of rotatable bonds is 3. The highest BCUT2D eigenvalue weighted by molar-refractivity contribution is 6.08. The maximum absolute atomic E-state index is 11.1. The molecule has 2 aromatic rings. The average Bonchev–Trinajstić information content (AvgIpc) is 2.48. The smallest absolute Gasteiger partial charge is 0.0902 e. The van der Waals surface area contributed by atoms with Crippen LogP contribution in [0.5, 0.6) is 0 Å². The lowest BCUT2D eigenvalue weighted by Gasteiger charge is -2.33. The molecule has 0 spiro atoms. The van der Waals surface area contributed by atoms with E-state index in [2.05, 4.69) is 46.6 Å². The highest BCUT2D eigenvalue weighted by Crippen LogP contribution is 2.40. The molecular weight excluding hydrogens is 260 g/mol. The number of aryl methyl sites for hydroxylation is 1. The van der Waals surface area contributed by atoms with Crippen LogP contribution in [0.4, 0.5) is 0 Å². The van der Waals surface area contributed by atoms with Crippen molar-refractivity contribution in [3.05, 3.63) is 47.5 Å². The quantitative estimate of drug-likeness (QED) is 0.839. The van der Waals surface area contributed by atoms with Gasteiger partial charge in [0.05, 0.1) is 5.60 Å². The summed E-state index contributed by atoms with van der Waals surface area (Å²) in [5, 5.41) is 13.6. The van der Waals surface area contributed by atoms with Crippen LogP contribution < -0.4 is 0 Å². The second kappa shape index (κ2) is 5.70. The van der Waals surface area contributed by atoms with Gasteiger partial charge in [0.1, 0.15) is 0 Å². The highest BCUT2D eigenvalue weighted by Gasteiger charge is 2.32. The monoisotopic (exact) mass is 281 g/mol. The normalized spacial score (nSPS) is 18.3. The van der Waals surface area contributed by atoms with Crippen LogP contribution in [0.25, 0.3) is 10.8 Å². The summed E-state index contributed by atoms with van der Waals surface area (Å²) in [7, 11) is 3.58. The van der Waals surface area contributed by atoms with E-state index in [4.69, 9.17) is 0 Å². The molecule has 2 heteroatoms. The van der Waals surface area contributed by atoms with Gasteiger partial charge in [-0.3, -0.25) is 0 Å². The molecule has 0 saturated heterocycles. The second-order valence-corrected chi connectivity index (χ2v) is 6.41. The third kappa shape index (κ3) is 2.43. The van der Waals surface area contributed by atoms with Crippen LogP contribution in [-0.4, -0.2) is 15.3 Å². The summed E-state index contributed by atoms with van der Waals surface area (Å²) in [4.78, 5) is 0. The van der Waals surface area contributed by atoms with Crippen molar-refractivity contribution in [2.24, 2.45) is 0 Å². The fraction of sp³-hybridized carbons (Fsp3) is 0.444. The van der Waals surface area contributed by atoms with Crippen LogP contribution in [-0.2, 0) is 12.0 Å².